The van der Waals surface area contributed by atoms with Gasteiger partial charge in [0.2, 0.25) is 0 Å². The van der Waals surface area contributed by atoms with Crippen molar-refractivity contribution in [2.24, 2.45) is 0 Å². The van der Waals surface area contributed by atoms with Crippen molar-refractivity contribution in [3.05, 3.63) is 48.6 Å². The van der Waals surface area contributed by atoms with Gasteiger partial charge in [-0.25, -0.2) is 0 Å². The van der Waals surface area contributed by atoms with Crippen LogP contribution >= 0.6 is 0 Å². The van der Waals surface area contributed by atoms with Gasteiger partial charge in [0.15, 0.2) is 0 Å². The zero-order valence-electron chi connectivity index (χ0n) is 14.5. The first-order valence-corrected chi connectivity index (χ1v) is 9.65. The molecule has 0 saturated heterocycles. The lowest BCUT2D eigenvalue weighted by Gasteiger charge is -2.02. The van der Waals surface area contributed by atoms with E-state index in [1.54, 1.807) is 0 Å². The van der Waals surface area contributed by atoms with Crippen LogP contribution in [0.1, 0.15) is 89.9 Å². The Bertz CT molecular complexity index is 296. The molecule has 0 aromatic carbocycles. The molecule has 0 atom stereocenters. The first kappa shape index (κ1) is 19.0. The van der Waals surface area contributed by atoms with Crippen LogP contribution in [0, 0.1) is 0 Å². The van der Waals surface area contributed by atoms with Crippen molar-refractivity contribution in [1.82, 2.24) is 0 Å². The number of hydrogen-bond acceptors (Lipinski definition) is 0. The van der Waals surface area contributed by atoms with Gasteiger partial charge in [-0.1, -0.05) is 113 Å². The monoisotopic (exact) mass is 300 g/mol. The van der Waals surface area contributed by atoms with Crippen LogP contribution in [0.4, 0.5) is 0 Å². The highest BCUT2D eigenvalue weighted by molar-refractivity contribution is 5.15. The van der Waals surface area contributed by atoms with Crippen LogP contribution in [0.15, 0.2) is 48.6 Å². The Morgan fingerprint density at radius 3 is 0.909 bits per heavy atom. The van der Waals surface area contributed by atoms with Gasteiger partial charge in [-0.2, -0.15) is 0 Å². The van der Waals surface area contributed by atoms with E-state index in [4.69, 9.17) is 0 Å². The largest absolute Gasteiger partial charge is 0.0845 e. The Balaban J connectivity index is 2.22. The maximum absolute atomic E-state index is 2.30. The second-order valence-electron chi connectivity index (χ2n) is 6.45. The number of allylic oxidation sites excluding steroid dienone is 8. The molecular weight excluding hydrogens is 264 g/mol. The summed E-state index contributed by atoms with van der Waals surface area (Å²) in [6.45, 7) is 0. The number of hydrogen-bond donors (Lipinski definition) is 0. The molecule has 0 nitrogen and oxygen atoms in total. The third-order valence-electron chi connectivity index (χ3n) is 4.32. The SMILES string of the molecule is C1=CCCCCCCCCCCCCCC/C=C/C=C\C=C\1. The van der Waals surface area contributed by atoms with Crippen LogP contribution in [0.3, 0.4) is 0 Å². The van der Waals surface area contributed by atoms with Crippen molar-refractivity contribution in [3.8, 4) is 0 Å². The van der Waals surface area contributed by atoms with Crippen molar-refractivity contribution in [2.45, 2.75) is 89.9 Å². The molecule has 0 radical (unpaired) electrons. The lowest BCUT2D eigenvalue weighted by molar-refractivity contribution is 0.542. The van der Waals surface area contributed by atoms with E-state index in [0.717, 1.165) is 0 Å². The Morgan fingerprint density at radius 1 is 0.273 bits per heavy atom. The predicted octanol–water partition coefficient (Wildman–Crippen LogP) is 7.69. The highest BCUT2D eigenvalue weighted by Gasteiger charge is 1.93. The number of rotatable bonds is 0. The fourth-order valence-electron chi connectivity index (χ4n) is 2.90. The van der Waals surface area contributed by atoms with Crippen LogP contribution in [0.25, 0.3) is 0 Å². The van der Waals surface area contributed by atoms with E-state index in [2.05, 4.69) is 48.6 Å². The fraction of sp³-hybridized carbons (Fsp3) is 0.636. The van der Waals surface area contributed by atoms with Crippen molar-refractivity contribution >= 4 is 0 Å². The molecule has 0 N–H and O–H groups in total. The lowest BCUT2D eigenvalue weighted by atomic mass is 10.0. The standard InChI is InChI=1S/C22H36/c1-2-4-6-8-10-12-14-16-18-20-22-21-19-17-15-13-11-9-7-5-3-1/h1-8H,9-22H2/b3-1-,4-2+,7-5+,8-6?. The van der Waals surface area contributed by atoms with Gasteiger partial charge in [0.1, 0.15) is 0 Å². The zero-order chi connectivity index (χ0) is 15.6. The molecule has 0 aromatic heterocycles. The highest BCUT2D eigenvalue weighted by Crippen LogP contribution is 2.13. The fourth-order valence-corrected chi connectivity index (χ4v) is 2.90. The average Bonchev–Trinajstić information content (AvgIpc) is 2.53. The summed E-state index contributed by atoms with van der Waals surface area (Å²) in [6.07, 6.45) is 37.0. The molecule has 0 spiro atoms. The lowest BCUT2D eigenvalue weighted by Crippen LogP contribution is -1.83. The Kier molecular flexibility index (Phi) is 14.1. The van der Waals surface area contributed by atoms with E-state index in [1.165, 1.54) is 89.9 Å². The molecule has 124 valence electrons. The third kappa shape index (κ3) is 13.9. The minimum absolute atomic E-state index is 1.23. The maximum Gasteiger partial charge on any atom is -0.0348 e. The van der Waals surface area contributed by atoms with Crippen molar-refractivity contribution < 1.29 is 0 Å². The van der Waals surface area contributed by atoms with Crippen LogP contribution in [0.5, 0.6) is 0 Å². The van der Waals surface area contributed by atoms with Gasteiger partial charge < -0.3 is 0 Å². The molecule has 0 aromatic rings. The second kappa shape index (κ2) is 16.3. The summed E-state index contributed by atoms with van der Waals surface area (Å²) in [7, 11) is 0. The first-order valence-electron chi connectivity index (χ1n) is 9.65. The molecule has 0 heteroatoms. The molecule has 1 rings (SSSR count). The topological polar surface area (TPSA) is 0 Å². The maximum atomic E-state index is 2.30. The molecular formula is C22H36. The summed E-state index contributed by atoms with van der Waals surface area (Å²) >= 11 is 0. The summed E-state index contributed by atoms with van der Waals surface area (Å²) in [5, 5.41) is 0. The molecule has 0 unspecified atom stereocenters. The second-order valence-corrected chi connectivity index (χ2v) is 6.45. The van der Waals surface area contributed by atoms with Gasteiger partial charge in [0, 0.05) is 0 Å². The van der Waals surface area contributed by atoms with E-state index < -0.39 is 0 Å². The van der Waals surface area contributed by atoms with E-state index in [1.807, 2.05) is 0 Å². The summed E-state index contributed by atoms with van der Waals surface area (Å²) in [4.78, 5) is 0. The molecule has 0 saturated carbocycles. The van der Waals surface area contributed by atoms with E-state index in [0.29, 0.717) is 0 Å². The molecule has 22 heavy (non-hydrogen) atoms. The van der Waals surface area contributed by atoms with Crippen molar-refractivity contribution in [2.75, 3.05) is 0 Å². The Morgan fingerprint density at radius 2 is 0.545 bits per heavy atom. The van der Waals surface area contributed by atoms with Gasteiger partial charge in [-0.05, 0) is 25.7 Å². The summed E-state index contributed by atoms with van der Waals surface area (Å²) in [5.74, 6) is 0. The van der Waals surface area contributed by atoms with Crippen LogP contribution in [0.2, 0.25) is 0 Å². The van der Waals surface area contributed by atoms with Gasteiger partial charge in [0.05, 0.1) is 0 Å². The van der Waals surface area contributed by atoms with E-state index in [9.17, 15) is 0 Å². The molecule has 1 aliphatic carbocycles. The third-order valence-corrected chi connectivity index (χ3v) is 4.32. The molecule has 0 bridgehead atoms. The van der Waals surface area contributed by atoms with Gasteiger partial charge in [-0.3, -0.25) is 0 Å². The van der Waals surface area contributed by atoms with Crippen LogP contribution in [-0.2, 0) is 0 Å². The first-order chi connectivity index (χ1) is 11.0. The molecule has 0 heterocycles. The summed E-state index contributed by atoms with van der Waals surface area (Å²) in [5.41, 5.74) is 0. The summed E-state index contributed by atoms with van der Waals surface area (Å²) in [6, 6.07) is 0. The Hall–Kier alpha value is -1.04. The molecule has 0 aliphatic heterocycles. The van der Waals surface area contributed by atoms with Crippen LogP contribution < -0.4 is 0 Å². The van der Waals surface area contributed by atoms with Gasteiger partial charge >= 0.3 is 0 Å². The van der Waals surface area contributed by atoms with Crippen LogP contribution in [-0.4, -0.2) is 0 Å². The minimum atomic E-state index is 1.23. The normalized spacial score (nSPS) is 25.5. The smallest absolute Gasteiger partial charge is 0.0348 e. The quantitative estimate of drug-likeness (QED) is 0.430. The minimum Gasteiger partial charge on any atom is -0.0845 e. The average molecular weight is 301 g/mol. The van der Waals surface area contributed by atoms with E-state index >= 15 is 0 Å². The predicted molar refractivity (Wildman–Crippen MR) is 101 cm³/mol. The molecule has 0 amide bonds. The Labute approximate surface area is 139 Å². The van der Waals surface area contributed by atoms with Gasteiger partial charge in [-0.15, -0.1) is 0 Å². The van der Waals surface area contributed by atoms with Crippen molar-refractivity contribution in [3.63, 3.8) is 0 Å². The van der Waals surface area contributed by atoms with Crippen molar-refractivity contribution in [1.29, 1.82) is 0 Å². The van der Waals surface area contributed by atoms with E-state index in [-0.39, 0.29) is 0 Å². The molecule has 0 fully saturated rings. The highest BCUT2D eigenvalue weighted by atomic mass is 14.0. The molecule has 1 aliphatic rings. The summed E-state index contributed by atoms with van der Waals surface area (Å²) < 4.78 is 0. The van der Waals surface area contributed by atoms with Gasteiger partial charge in [0.25, 0.3) is 0 Å². The zero-order valence-corrected chi connectivity index (χ0v) is 14.5.